The summed E-state index contributed by atoms with van der Waals surface area (Å²) < 4.78 is 21.8. The lowest BCUT2D eigenvalue weighted by atomic mass is 10.2. The molecule has 0 spiro atoms. The normalized spacial score (nSPS) is 12.3. The van der Waals surface area contributed by atoms with Gasteiger partial charge in [-0.15, -0.1) is 0 Å². The van der Waals surface area contributed by atoms with Gasteiger partial charge in [0.2, 0.25) is 0 Å². The first-order valence-corrected chi connectivity index (χ1v) is 6.82. The molecule has 0 aromatic heterocycles. The summed E-state index contributed by atoms with van der Waals surface area (Å²) in [5.41, 5.74) is 5.28. The van der Waals surface area contributed by atoms with Gasteiger partial charge in [-0.05, 0) is 18.4 Å². The smallest absolute Gasteiger partial charge is 0.369 e. The Balaban J connectivity index is 0. The molecule has 0 fully saturated rings. The zero-order valence-electron chi connectivity index (χ0n) is 7.86. The van der Waals surface area contributed by atoms with Crippen LogP contribution in [0, 0.1) is 0 Å². The number of phosphoric ester groups is 1. The van der Waals surface area contributed by atoms with Gasteiger partial charge in [-0.2, -0.15) is 16.0 Å². The van der Waals surface area contributed by atoms with Crippen molar-refractivity contribution >= 4 is 38.1 Å². The van der Waals surface area contributed by atoms with Crippen molar-refractivity contribution in [1.29, 1.82) is 0 Å². The summed E-state index contributed by atoms with van der Waals surface area (Å²) in [5.74, 6) is -0.431. The van der Waals surface area contributed by atoms with Crippen LogP contribution in [-0.2, 0) is 26.4 Å². The molecule has 0 amide bonds. The molecule has 0 unspecified atom stereocenters. The maximum absolute atomic E-state index is 10.8. The van der Waals surface area contributed by atoms with E-state index in [1.54, 1.807) is 0 Å². The van der Waals surface area contributed by atoms with E-state index in [9.17, 15) is 9.36 Å². The zero-order valence-corrected chi connectivity index (χ0v) is 10.4. The minimum absolute atomic E-state index is 0.333. The molecule has 0 saturated carbocycles. The SMILES string of the molecule is CSCC[C@H](N)C(=O)OP(=O)(O)O.O=S. The lowest BCUT2D eigenvalue weighted by Gasteiger charge is -2.10. The maximum atomic E-state index is 10.8. The molecule has 0 aromatic carbocycles. The van der Waals surface area contributed by atoms with Crippen molar-refractivity contribution in [1.82, 2.24) is 0 Å². The molecule has 0 radical (unpaired) electrons. The summed E-state index contributed by atoms with van der Waals surface area (Å²) in [6.07, 6.45) is 2.17. The number of thioether (sulfide) groups is 1. The fourth-order valence-electron chi connectivity index (χ4n) is 0.548. The molecule has 0 aliphatic rings. The number of rotatable bonds is 5. The first kappa shape index (κ1) is 17.3. The van der Waals surface area contributed by atoms with Gasteiger partial charge < -0.3 is 10.3 Å². The van der Waals surface area contributed by atoms with Gasteiger partial charge >= 0.3 is 13.8 Å². The van der Waals surface area contributed by atoms with Gasteiger partial charge in [-0.25, -0.2) is 9.36 Å². The highest BCUT2D eigenvalue weighted by molar-refractivity contribution is 7.98. The molecule has 90 valence electrons. The Morgan fingerprint density at radius 3 is 2.40 bits per heavy atom. The molecule has 0 aliphatic carbocycles. The predicted molar refractivity (Wildman–Crippen MR) is 57.3 cm³/mol. The van der Waals surface area contributed by atoms with E-state index < -0.39 is 19.8 Å². The zero-order chi connectivity index (χ0) is 12.5. The number of carbonyl (C=O) groups excluding carboxylic acids is 1. The van der Waals surface area contributed by atoms with Crippen LogP contribution < -0.4 is 5.73 Å². The fourth-order valence-corrected chi connectivity index (χ4v) is 1.41. The van der Waals surface area contributed by atoms with Crippen LogP contribution in [-0.4, -0.2) is 38.0 Å². The highest BCUT2D eigenvalue weighted by Crippen LogP contribution is 2.36. The van der Waals surface area contributed by atoms with Crippen molar-refractivity contribution in [2.45, 2.75) is 12.5 Å². The van der Waals surface area contributed by atoms with E-state index in [0.29, 0.717) is 12.2 Å². The molecule has 1 atom stereocenters. The van der Waals surface area contributed by atoms with Crippen molar-refractivity contribution in [2.75, 3.05) is 12.0 Å². The lowest BCUT2D eigenvalue weighted by Crippen LogP contribution is -2.32. The van der Waals surface area contributed by atoms with Gasteiger partial charge in [0.05, 0.1) is 0 Å². The van der Waals surface area contributed by atoms with Crippen LogP contribution in [0.15, 0.2) is 0 Å². The Hall–Kier alpha value is -0.0500. The Labute approximate surface area is 96.5 Å². The van der Waals surface area contributed by atoms with Crippen LogP contribution in [0.2, 0.25) is 0 Å². The van der Waals surface area contributed by atoms with Crippen molar-refractivity contribution in [3.8, 4) is 0 Å². The Morgan fingerprint density at radius 2 is 2.07 bits per heavy atom. The number of hydrogen-bond acceptors (Lipinski definition) is 7. The van der Waals surface area contributed by atoms with E-state index in [1.807, 2.05) is 6.26 Å². The van der Waals surface area contributed by atoms with Gasteiger partial charge in [-0.3, -0.25) is 9.79 Å². The third-order valence-electron chi connectivity index (χ3n) is 1.14. The fraction of sp³-hybridized carbons (Fsp3) is 0.800. The van der Waals surface area contributed by atoms with Gasteiger partial charge in [0.1, 0.15) is 6.04 Å². The van der Waals surface area contributed by atoms with Crippen LogP contribution in [0.5, 0.6) is 0 Å². The van der Waals surface area contributed by atoms with Crippen molar-refractivity contribution in [3.63, 3.8) is 0 Å². The van der Waals surface area contributed by atoms with E-state index in [1.165, 1.54) is 11.8 Å². The van der Waals surface area contributed by atoms with Crippen molar-refractivity contribution in [2.24, 2.45) is 5.73 Å². The molecule has 0 aromatic rings. The quantitative estimate of drug-likeness (QED) is 0.562. The minimum atomic E-state index is -4.74. The first-order chi connectivity index (χ1) is 6.87. The second kappa shape index (κ2) is 9.20. The molecule has 7 nitrogen and oxygen atoms in total. The van der Waals surface area contributed by atoms with Crippen LogP contribution >= 0.6 is 19.6 Å². The van der Waals surface area contributed by atoms with Gasteiger partial charge in [-0.1, -0.05) is 0 Å². The van der Waals surface area contributed by atoms with E-state index >= 15 is 0 Å². The van der Waals surface area contributed by atoms with Crippen molar-refractivity contribution < 1.29 is 27.9 Å². The second-order valence-corrected chi connectivity index (χ2v) is 4.44. The number of hydrogen-bond donors (Lipinski definition) is 3. The number of phosphoric acid groups is 1. The van der Waals surface area contributed by atoms with E-state index in [4.69, 9.17) is 19.7 Å². The number of carbonyl (C=O) groups is 1. The third kappa shape index (κ3) is 11.9. The Bertz CT molecular complexity index is 234. The van der Waals surface area contributed by atoms with Crippen LogP contribution in [0.1, 0.15) is 6.42 Å². The lowest BCUT2D eigenvalue weighted by molar-refractivity contribution is -0.137. The Kier molecular flexibility index (Phi) is 10.6. The molecule has 0 rings (SSSR count). The predicted octanol–water partition coefficient (Wildman–Crippen LogP) is -0.634. The molecule has 0 saturated heterocycles. The molecule has 10 heteroatoms. The first-order valence-electron chi connectivity index (χ1n) is 3.57. The summed E-state index contributed by atoms with van der Waals surface area (Å²) in [7, 11) is -4.74. The Morgan fingerprint density at radius 1 is 1.60 bits per heavy atom. The summed E-state index contributed by atoms with van der Waals surface area (Å²) >= 11 is 4.32. The summed E-state index contributed by atoms with van der Waals surface area (Å²) in [6.45, 7) is 0. The van der Waals surface area contributed by atoms with E-state index in [2.05, 4.69) is 17.1 Å². The van der Waals surface area contributed by atoms with E-state index in [0.717, 1.165) is 0 Å². The van der Waals surface area contributed by atoms with Crippen molar-refractivity contribution in [3.05, 3.63) is 0 Å². The molecule has 4 N–H and O–H groups in total. The molecular formula is C5H12NO6PS2. The third-order valence-corrected chi connectivity index (χ3v) is 2.21. The van der Waals surface area contributed by atoms with Crippen LogP contribution in [0.25, 0.3) is 0 Å². The standard InChI is InChI=1S/C5H12NO5PS.OS/c1-13-3-2-4(6)5(7)11-12(8,9)10;1-2/h4H,2-3,6H2,1H3,(H2,8,9,10);/t4-;/m0./s1. The summed E-state index contributed by atoms with van der Waals surface area (Å²) in [6, 6.07) is -0.972. The molecule has 15 heavy (non-hydrogen) atoms. The van der Waals surface area contributed by atoms with E-state index in [-0.39, 0.29) is 0 Å². The van der Waals surface area contributed by atoms with Crippen LogP contribution in [0.4, 0.5) is 0 Å². The summed E-state index contributed by atoms with van der Waals surface area (Å²) in [4.78, 5) is 27.4. The van der Waals surface area contributed by atoms with Crippen LogP contribution in [0.3, 0.4) is 0 Å². The highest BCUT2D eigenvalue weighted by Gasteiger charge is 2.24. The topological polar surface area (TPSA) is 127 Å². The molecule has 0 heterocycles. The molecule has 0 aliphatic heterocycles. The minimum Gasteiger partial charge on any atom is -0.369 e. The highest BCUT2D eigenvalue weighted by atomic mass is 32.2. The number of nitrogens with two attached hydrogens (primary N) is 1. The second-order valence-electron chi connectivity index (χ2n) is 2.29. The maximum Gasteiger partial charge on any atom is 0.527 e. The molecule has 0 bridgehead atoms. The van der Waals surface area contributed by atoms with Gasteiger partial charge in [0.25, 0.3) is 0 Å². The summed E-state index contributed by atoms with van der Waals surface area (Å²) in [5, 5.41) is 0. The average molecular weight is 277 g/mol. The average Bonchev–Trinajstić information content (AvgIpc) is 2.14. The largest absolute Gasteiger partial charge is 0.527 e. The monoisotopic (exact) mass is 277 g/mol. The van der Waals surface area contributed by atoms with Gasteiger partial charge in [0, 0.05) is 0 Å². The molecular weight excluding hydrogens is 265 g/mol. The van der Waals surface area contributed by atoms with Gasteiger partial charge in [0.15, 0.2) is 12.5 Å².